The van der Waals surface area contributed by atoms with Crippen LogP contribution in [-0.2, 0) is 17.9 Å². The number of H-pyrrole nitrogens is 1. The van der Waals surface area contributed by atoms with Gasteiger partial charge in [0.1, 0.15) is 0 Å². The molecule has 1 aromatic heterocycles. The highest BCUT2D eigenvalue weighted by Gasteiger charge is 2.10. The van der Waals surface area contributed by atoms with Gasteiger partial charge in [0.2, 0.25) is 5.91 Å². The molecule has 5 nitrogen and oxygen atoms in total. The van der Waals surface area contributed by atoms with Gasteiger partial charge in [-0.05, 0) is 36.8 Å². The summed E-state index contributed by atoms with van der Waals surface area (Å²) in [6.07, 6.45) is 0.320. The van der Waals surface area contributed by atoms with Crippen LogP contribution in [-0.4, -0.2) is 20.7 Å². The van der Waals surface area contributed by atoms with E-state index in [1.165, 1.54) is 5.56 Å². The Morgan fingerprint density at radius 3 is 2.58 bits per heavy atom. The summed E-state index contributed by atoms with van der Waals surface area (Å²) in [7, 11) is 0. The lowest BCUT2D eigenvalue weighted by molar-refractivity contribution is -0.121. The van der Waals surface area contributed by atoms with Crippen LogP contribution >= 0.6 is 23.8 Å². The summed E-state index contributed by atoms with van der Waals surface area (Å²) in [5.41, 5.74) is 3.14. The number of nitrogens with zero attached hydrogens (tertiary/aromatic N) is 2. The molecule has 2 aromatic carbocycles. The van der Waals surface area contributed by atoms with Crippen molar-refractivity contribution in [3.05, 3.63) is 69.5 Å². The van der Waals surface area contributed by atoms with E-state index < -0.39 is 0 Å². The summed E-state index contributed by atoms with van der Waals surface area (Å²) in [4.78, 5) is 12.2. The van der Waals surface area contributed by atoms with Crippen molar-refractivity contribution in [2.45, 2.75) is 26.4 Å². The highest BCUT2D eigenvalue weighted by molar-refractivity contribution is 7.71. The molecule has 134 valence electrons. The van der Waals surface area contributed by atoms with Crippen molar-refractivity contribution in [1.29, 1.82) is 0 Å². The average Bonchev–Trinajstić information content (AvgIpc) is 3.01. The van der Waals surface area contributed by atoms with Crippen LogP contribution in [0.3, 0.4) is 0 Å². The minimum absolute atomic E-state index is 0.0436. The molecule has 0 atom stereocenters. The number of aromatic amines is 1. The van der Waals surface area contributed by atoms with E-state index in [-0.39, 0.29) is 5.91 Å². The third kappa shape index (κ3) is 4.59. The second-order valence-electron chi connectivity index (χ2n) is 6.02. The molecule has 0 spiro atoms. The minimum atomic E-state index is -0.0436. The van der Waals surface area contributed by atoms with E-state index >= 15 is 0 Å². The van der Waals surface area contributed by atoms with Gasteiger partial charge in [-0.3, -0.25) is 14.5 Å². The number of hydrogen-bond acceptors (Lipinski definition) is 3. The lowest BCUT2D eigenvalue weighted by Gasteiger charge is -2.08. The second-order valence-corrected chi connectivity index (χ2v) is 6.85. The Balaban J connectivity index is 1.61. The van der Waals surface area contributed by atoms with Crippen molar-refractivity contribution < 1.29 is 4.79 Å². The Morgan fingerprint density at radius 1 is 1.19 bits per heavy atom. The van der Waals surface area contributed by atoms with Gasteiger partial charge in [0.15, 0.2) is 10.6 Å². The van der Waals surface area contributed by atoms with Gasteiger partial charge in [0.25, 0.3) is 0 Å². The summed E-state index contributed by atoms with van der Waals surface area (Å²) in [6, 6.07) is 15.4. The first kappa shape index (κ1) is 18.4. The molecule has 3 aromatic rings. The molecule has 7 heteroatoms. The fourth-order valence-corrected chi connectivity index (χ4v) is 2.90. The van der Waals surface area contributed by atoms with E-state index in [1.54, 1.807) is 0 Å². The fourth-order valence-electron chi connectivity index (χ4n) is 2.55. The molecular formula is C19H19ClN4OS. The summed E-state index contributed by atoms with van der Waals surface area (Å²) in [5.74, 6) is 0.693. The number of halogens is 1. The van der Waals surface area contributed by atoms with Gasteiger partial charge >= 0.3 is 0 Å². The van der Waals surface area contributed by atoms with Gasteiger partial charge in [-0.2, -0.15) is 5.10 Å². The van der Waals surface area contributed by atoms with Crippen molar-refractivity contribution in [3.63, 3.8) is 0 Å². The second kappa shape index (κ2) is 8.29. The molecule has 0 saturated carbocycles. The first-order chi connectivity index (χ1) is 12.5. The molecule has 26 heavy (non-hydrogen) atoms. The topological polar surface area (TPSA) is 62.7 Å². The lowest BCUT2D eigenvalue weighted by atomic mass is 10.1. The number of nitrogens with one attached hydrogen (secondary N) is 2. The van der Waals surface area contributed by atoms with Crippen LogP contribution in [0.1, 0.15) is 17.5 Å². The Bertz CT molecular complexity index is 945. The van der Waals surface area contributed by atoms with Crippen LogP contribution in [0.25, 0.3) is 11.4 Å². The van der Waals surface area contributed by atoms with E-state index in [2.05, 4.69) is 15.5 Å². The number of amides is 1. The number of carbonyl (C=O) groups excluding carboxylic acids is 1. The Morgan fingerprint density at radius 2 is 1.88 bits per heavy atom. The number of benzene rings is 2. The Hall–Kier alpha value is -2.44. The summed E-state index contributed by atoms with van der Waals surface area (Å²) in [5, 5.41) is 10.7. The van der Waals surface area contributed by atoms with Crippen LogP contribution in [0.5, 0.6) is 0 Å². The third-order valence-corrected chi connectivity index (χ3v) is 4.60. The van der Waals surface area contributed by atoms with Gasteiger partial charge in [-0.25, -0.2) is 0 Å². The van der Waals surface area contributed by atoms with Crippen molar-refractivity contribution in [2.24, 2.45) is 0 Å². The quantitative estimate of drug-likeness (QED) is 0.621. The third-order valence-electron chi connectivity index (χ3n) is 4.03. The maximum absolute atomic E-state index is 12.2. The largest absolute Gasteiger partial charge is 0.352 e. The van der Waals surface area contributed by atoms with Crippen LogP contribution in [0.4, 0.5) is 0 Å². The smallest absolute Gasteiger partial charge is 0.222 e. The molecule has 0 aliphatic carbocycles. The molecule has 1 amide bonds. The van der Waals surface area contributed by atoms with Gasteiger partial charge in [0, 0.05) is 30.1 Å². The molecule has 0 aliphatic rings. The van der Waals surface area contributed by atoms with Crippen LogP contribution < -0.4 is 5.32 Å². The van der Waals surface area contributed by atoms with Crippen molar-refractivity contribution in [3.8, 4) is 11.4 Å². The molecule has 3 rings (SSSR count). The van der Waals surface area contributed by atoms with Gasteiger partial charge in [-0.15, -0.1) is 0 Å². The normalized spacial score (nSPS) is 10.7. The maximum Gasteiger partial charge on any atom is 0.222 e. The number of hydrogen-bond donors (Lipinski definition) is 2. The zero-order valence-corrected chi connectivity index (χ0v) is 15.9. The van der Waals surface area contributed by atoms with E-state index in [1.807, 2.05) is 60.0 Å². The molecule has 0 saturated heterocycles. The molecule has 0 unspecified atom stereocenters. The van der Waals surface area contributed by atoms with Crippen molar-refractivity contribution in [2.75, 3.05) is 0 Å². The van der Waals surface area contributed by atoms with E-state index in [4.69, 9.17) is 23.8 Å². The molecule has 0 fully saturated rings. The molecule has 2 N–H and O–H groups in total. The zero-order valence-electron chi connectivity index (χ0n) is 14.3. The van der Waals surface area contributed by atoms with Gasteiger partial charge in [-0.1, -0.05) is 53.6 Å². The number of aryl methyl sites for hydroxylation is 1. The van der Waals surface area contributed by atoms with E-state index in [9.17, 15) is 4.79 Å². The van der Waals surface area contributed by atoms with E-state index in [0.717, 1.165) is 17.0 Å². The SMILES string of the molecule is Cc1ccc(-c2n[nH]c(=S)n2CCC(=O)NCc2ccc(Cl)cc2)cc1. The molecule has 0 bridgehead atoms. The highest BCUT2D eigenvalue weighted by Crippen LogP contribution is 2.18. The predicted molar refractivity (Wildman–Crippen MR) is 106 cm³/mol. The van der Waals surface area contributed by atoms with Crippen molar-refractivity contribution in [1.82, 2.24) is 20.1 Å². The first-order valence-corrected chi connectivity index (χ1v) is 9.05. The van der Waals surface area contributed by atoms with Crippen molar-refractivity contribution >= 4 is 29.7 Å². The molecular weight excluding hydrogens is 368 g/mol. The molecule has 1 heterocycles. The average molecular weight is 387 g/mol. The maximum atomic E-state index is 12.2. The number of aromatic nitrogens is 3. The number of rotatable bonds is 6. The lowest BCUT2D eigenvalue weighted by Crippen LogP contribution is -2.24. The molecule has 0 radical (unpaired) electrons. The van der Waals surface area contributed by atoms with Crippen LogP contribution in [0, 0.1) is 11.7 Å². The van der Waals surface area contributed by atoms with Gasteiger partial charge in [0.05, 0.1) is 0 Å². The van der Waals surface area contributed by atoms with Crippen LogP contribution in [0.2, 0.25) is 5.02 Å². The predicted octanol–water partition coefficient (Wildman–Crippen LogP) is 4.28. The fraction of sp³-hybridized carbons (Fsp3) is 0.211. The van der Waals surface area contributed by atoms with Crippen LogP contribution in [0.15, 0.2) is 48.5 Å². The summed E-state index contributed by atoms with van der Waals surface area (Å²) < 4.78 is 2.35. The monoisotopic (exact) mass is 386 g/mol. The zero-order chi connectivity index (χ0) is 18.5. The Labute approximate surface area is 162 Å². The molecule has 0 aliphatic heterocycles. The minimum Gasteiger partial charge on any atom is -0.352 e. The Kier molecular flexibility index (Phi) is 5.85. The number of carbonyl (C=O) groups is 1. The summed E-state index contributed by atoms with van der Waals surface area (Å²) in [6.45, 7) is 2.97. The van der Waals surface area contributed by atoms with E-state index in [0.29, 0.717) is 29.3 Å². The highest BCUT2D eigenvalue weighted by atomic mass is 35.5. The first-order valence-electron chi connectivity index (χ1n) is 8.26. The standard InChI is InChI=1S/C19H19ClN4OS/c1-13-2-6-15(7-3-13)18-22-23-19(26)24(18)11-10-17(25)21-12-14-4-8-16(20)9-5-14/h2-9H,10-12H2,1H3,(H,21,25)(H,23,26). The van der Waals surface area contributed by atoms with Gasteiger partial charge < -0.3 is 5.32 Å². The summed E-state index contributed by atoms with van der Waals surface area (Å²) >= 11 is 11.2.